The minimum Gasteiger partial charge on any atom is -0.477 e. The van der Waals surface area contributed by atoms with Crippen LogP contribution in [0.3, 0.4) is 0 Å². The molecule has 0 atom stereocenters. The minimum absolute atomic E-state index is 0.0409. The lowest BCUT2D eigenvalue weighted by molar-refractivity contribution is 0.0686. The fourth-order valence-corrected chi connectivity index (χ4v) is 1.99. The highest BCUT2D eigenvalue weighted by molar-refractivity contribution is 5.94. The number of aromatic nitrogens is 1. The first-order chi connectivity index (χ1) is 9.11. The number of hydrogen-bond donors (Lipinski definition) is 1. The molecule has 19 heavy (non-hydrogen) atoms. The molecule has 0 aromatic carbocycles. The van der Waals surface area contributed by atoms with Crippen molar-refractivity contribution in [1.29, 1.82) is 0 Å². The lowest BCUT2D eigenvalue weighted by Crippen LogP contribution is -2.33. The van der Waals surface area contributed by atoms with Crippen molar-refractivity contribution < 1.29 is 14.7 Å². The maximum Gasteiger partial charge on any atom is 0.354 e. The van der Waals surface area contributed by atoms with E-state index in [2.05, 4.69) is 4.98 Å². The SMILES string of the molecule is CCCN(CC1CC1)C(=O)c1ccc(C(=O)O)nc1. The van der Waals surface area contributed by atoms with Gasteiger partial charge in [0, 0.05) is 19.3 Å². The first-order valence-electron chi connectivity index (χ1n) is 6.60. The number of nitrogens with zero attached hydrogens (tertiary/aromatic N) is 2. The third-order valence-corrected chi connectivity index (χ3v) is 3.19. The molecule has 0 aliphatic heterocycles. The molecule has 1 aliphatic carbocycles. The highest BCUT2D eigenvalue weighted by Crippen LogP contribution is 2.30. The first-order valence-corrected chi connectivity index (χ1v) is 6.60. The van der Waals surface area contributed by atoms with Crippen LogP contribution in [0.1, 0.15) is 47.0 Å². The van der Waals surface area contributed by atoms with Crippen LogP contribution in [0.2, 0.25) is 0 Å². The van der Waals surface area contributed by atoms with Gasteiger partial charge >= 0.3 is 5.97 Å². The van der Waals surface area contributed by atoms with Crippen LogP contribution >= 0.6 is 0 Å². The Balaban J connectivity index is 2.08. The molecular weight excluding hydrogens is 244 g/mol. The van der Waals surface area contributed by atoms with Gasteiger partial charge in [0.15, 0.2) is 0 Å². The predicted octanol–water partition coefficient (Wildman–Crippen LogP) is 2.04. The number of amides is 1. The van der Waals surface area contributed by atoms with E-state index in [0.717, 1.165) is 19.5 Å². The molecule has 102 valence electrons. The lowest BCUT2D eigenvalue weighted by Gasteiger charge is -2.21. The summed E-state index contributed by atoms with van der Waals surface area (Å²) in [6.45, 7) is 3.57. The molecule has 1 aliphatic rings. The molecule has 5 heteroatoms. The molecular formula is C14H18N2O3. The van der Waals surface area contributed by atoms with E-state index < -0.39 is 5.97 Å². The second kappa shape index (κ2) is 5.82. The molecule has 0 bridgehead atoms. The molecule has 2 rings (SSSR count). The fraction of sp³-hybridized carbons (Fsp3) is 0.500. The Morgan fingerprint density at radius 1 is 1.42 bits per heavy atom. The smallest absolute Gasteiger partial charge is 0.354 e. The number of carbonyl (C=O) groups excluding carboxylic acids is 1. The van der Waals surface area contributed by atoms with E-state index in [-0.39, 0.29) is 11.6 Å². The molecule has 0 unspecified atom stereocenters. The van der Waals surface area contributed by atoms with Crippen molar-refractivity contribution in [2.24, 2.45) is 5.92 Å². The monoisotopic (exact) mass is 262 g/mol. The number of carbonyl (C=O) groups is 2. The average Bonchev–Trinajstić information content (AvgIpc) is 3.21. The topological polar surface area (TPSA) is 70.5 Å². The van der Waals surface area contributed by atoms with Crippen molar-refractivity contribution in [3.63, 3.8) is 0 Å². The van der Waals surface area contributed by atoms with Crippen LogP contribution in [-0.2, 0) is 0 Å². The largest absolute Gasteiger partial charge is 0.477 e. The van der Waals surface area contributed by atoms with E-state index >= 15 is 0 Å². The number of aromatic carboxylic acids is 1. The maximum absolute atomic E-state index is 12.3. The summed E-state index contributed by atoms with van der Waals surface area (Å²) < 4.78 is 0. The molecule has 1 heterocycles. The minimum atomic E-state index is -1.08. The molecule has 1 fully saturated rings. The summed E-state index contributed by atoms with van der Waals surface area (Å²) in [5.41, 5.74) is 0.417. The van der Waals surface area contributed by atoms with Crippen LogP contribution in [0.4, 0.5) is 0 Å². The third-order valence-electron chi connectivity index (χ3n) is 3.19. The molecule has 1 saturated carbocycles. The van der Waals surface area contributed by atoms with Gasteiger partial charge in [0.1, 0.15) is 5.69 Å². The van der Waals surface area contributed by atoms with E-state index in [9.17, 15) is 9.59 Å². The molecule has 1 aromatic rings. The Labute approximate surface area is 112 Å². The zero-order valence-electron chi connectivity index (χ0n) is 11.0. The quantitative estimate of drug-likeness (QED) is 0.851. The first kappa shape index (κ1) is 13.5. The second-order valence-corrected chi connectivity index (χ2v) is 4.93. The Morgan fingerprint density at radius 2 is 2.16 bits per heavy atom. The zero-order chi connectivity index (χ0) is 13.8. The van der Waals surface area contributed by atoms with Crippen LogP contribution in [0.15, 0.2) is 18.3 Å². The molecule has 5 nitrogen and oxygen atoms in total. The Morgan fingerprint density at radius 3 is 2.63 bits per heavy atom. The number of rotatable bonds is 6. The summed E-state index contributed by atoms with van der Waals surface area (Å²) in [6.07, 6.45) is 4.66. The highest BCUT2D eigenvalue weighted by Gasteiger charge is 2.27. The van der Waals surface area contributed by atoms with Crippen molar-refractivity contribution >= 4 is 11.9 Å². The van der Waals surface area contributed by atoms with Crippen LogP contribution < -0.4 is 0 Å². The summed E-state index contributed by atoms with van der Waals surface area (Å²) in [5, 5.41) is 8.78. The number of carboxylic acids is 1. The second-order valence-electron chi connectivity index (χ2n) is 4.93. The van der Waals surface area contributed by atoms with E-state index in [1.165, 1.54) is 31.2 Å². The Bertz CT molecular complexity index is 466. The number of carboxylic acid groups (broad SMARTS) is 1. The Kier molecular flexibility index (Phi) is 4.14. The van der Waals surface area contributed by atoms with Crippen molar-refractivity contribution in [3.05, 3.63) is 29.6 Å². The van der Waals surface area contributed by atoms with Crippen LogP contribution in [0.5, 0.6) is 0 Å². The average molecular weight is 262 g/mol. The Hall–Kier alpha value is -1.91. The van der Waals surface area contributed by atoms with Gasteiger partial charge in [-0.1, -0.05) is 6.92 Å². The number of hydrogen-bond acceptors (Lipinski definition) is 3. The van der Waals surface area contributed by atoms with Crippen LogP contribution in [0.25, 0.3) is 0 Å². The van der Waals surface area contributed by atoms with Crippen LogP contribution in [-0.4, -0.2) is 40.0 Å². The van der Waals surface area contributed by atoms with Gasteiger partial charge in [-0.2, -0.15) is 0 Å². The van der Waals surface area contributed by atoms with Gasteiger partial charge < -0.3 is 10.0 Å². The molecule has 0 saturated heterocycles. The normalized spacial score (nSPS) is 14.2. The van der Waals surface area contributed by atoms with E-state index in [4.69, 9.17) is 5.11 Å². The summed E-state index contributed by atoms with van der Waals surface area (Å²) in [4.78, 5) is 28.7. The van der Waals surface area contributed by atoms with Gasteiger partial charge in [-0.15, -0.1) is 0 Å². The van der Waals surface area contributed by atoms with Gasteiger partial charge in [-0.3, -0.25) is 4.79 Å². The molecule has 1 N–H and O–H groups in total. The summed E-state index contributed by atoms with van der Waals surface area (Å²) >= 11 is 0. The van der Waals surface area contributed by atoms with Gasteiger partial charge in [0.25, 0.3) is 5.91 Å². The molecule has 0 spiro atoms. The van der Waals surface area contributed by atoms with E-state index in [1.54, 1.807) is 0 Å². The summed E-state index contributed by atoms with van der Waals surface area (Å²) in [6, 6.07) is 2.91. The summed E-state index contributed by atoms with van der Waals surface area (Å²) in [7, 11) is 0. The lowest BCUT2D eigenvalue weighted by atomic mass is 10.2. The standard InChI is InChI=1S/C14H18N2O3/c1-2-7-16(9-10-3-4-10)13(17)11-5-6-12(14(18)19)15-8-11/h5-6,8,10H,2-4,7,9H2,1H3,(H,18,19). The van der Waals surface area contributed by atoms with Crippen LogP contribution in [0, 0.1) is 5.92 Å². The maximum atomic E-state index is 12.3. The van der Waals surface area contributed by atoms with Crippen molar-refractivity contribution in [2.75, 3.05) is 13.1 Å². The van der Waals surface area contributed by atoms with Gasteiger partial charge in [-0.05, 0) is 37.3 Å². The molecule has 0 radical (unpaired) electrons. The predicted molar refractivity (Wildman–Crippen MR) is 70.1 cm³/mol. The molecule has 1 aromatic heterocycles. The third kappa shape index (κ3) is 3.53. The van der Waals surface area contributed by atoms with Gasteiger partial charge in [0.05, 0.1) is 5.56 Å². The van der Waals surface area contributed by atoms with Gasteiger partial charge in [0.2, 0.25) is 0 Å². The molecule has 1 amide bonds. The van der Waals surface area contributed by atoms with Gasteiger partial charge in [-0.25, -0.2) is 9.78 Å². The summed E-state index contributed by atoms with van der Waals surface area (Å²) in [5.74, 6) is -0.498. The van der Waals surface area contributed by atoms with Crippen molar-refractivity contribution in [3.8, 4) is 0 Å². The fourth-order valence-electron chi connectivity index (χ4n) is 1.99. The highest BCUT2D eigenvalue weighted by atomic mass is 16.4. The van der Waals surface area contributed by atoms with E-state index in [0.29, 0.717) is 11.5 Å². The number of pyridine rings is 1. The zero-order valence-corrected chi connectivity index (χ0v) is 11.0. The van der Waals surface area contributed by atoms with Crippen molar-refractivity contribution in [1.82, 2.24) is 9.88 Å². The van der Waals surface area contributed by atoms with E-state index in [1.807, 2.05) is 11.8 Å². The van der Waals surface area contributed by atoms with Crippen molar-refractivity contribution in [2.45, 2.75) is 26.2 Å².